The second kappa shape index (κ2) is 16.6. The molecule has 0 aromatic rings. The van der Waals surface area contributed by atoms with Gasteiger partial charge in [0, 0.05) is 4.79 Å². The first-order valence-corrected chi connectivity index (χ1v) is 0.540. The Balaban J connectivity index is 0. The minimum Gasteiger partial charge on any atom is -0.147 e. The fourth-order valence-corrected chi connectivity index (χ4v) is 0. The molecule has 1 N–H and O–H groups in total. The van der Waals surface area contributed by atoms with Crippen LogP contribution in [0.4, 0.5) is 0 Å². The van der Waals surface area contributed by atoms with Gasteiger partial charge in [0.15, 0.2) is 0 Å². The van der Waals surface area contributed by atoms with E-state index in [4.69, 9.17) is 5.53 Å². The second-order valence-electron chi connectivity index (χ2n) is 0.158. The monoisotopic (exact) mass is 79.0 g/mol. The van der Waals surface area contributed by atoms with E-state index in [2.05, 4.69) is 11.5 Å². The molecule has 0 radical (unpaired) electrons. The fourth-order valence-electron chi connectivity index (χ4n) is 0. The molecular formula is CH4ClN2+. The smallest absolute Gasteiger partial charge is 0.147 e. The standard InChI is InChI=1S/CH3N2.ClH/c1-3-2;/h2H,1H2;1H/q+1;. The normalized spacial score (nSPS) is 2.00. The van der Waals surface area contributed by atoms with Crippen molar-refractivity contribution in [2.45, 2.75) is 0 Å². The molecule has 0 spiro atoms. The summed E-state index contributed by atoms with van der Waals surface area (Å²) in [7, 11) is 0. The lowest BCUT2D eigenvalue weighted by Crippen LogP contribution is -1.24. The first-order chi connectivity index (χ1) is 1.41. The number of hydrogen-bond acceptors (Lipinski definition) is 1. The molecule has 0 unspecified atom stereocenters. The second-order valence-corrected chi connectivity index (χ2v) is 0.158. The Kier molecular flexibility index (Phi) is 38.9. The van der Waals surface area contributed by atoms with E-state index < -0.39 is 0 Å². The lowest BCUT2D eigenvalue weighted by molar-refractivity contribution is -0.106. The highest BCUT2D eigenvalue weighted by Gasteiger charge is 1.12. The Morgan fingerprint density at radius 1 is 1.75 bits per heavy atom. The van der Waals surface area contributed by atoms with Crippen molar-refractivity contribution >= 4 is 19.1 Å². The summed E-state index contributed by atoms with van der Waals surface area (Å²) in [6.07, 6.45) is 0. The molecule has 0 aromatic carbocycles. The number of nitrogens with one attached hydrogen (secondary N) is 1. The van der Waals surface area contributed by atoms with Gasteiger partial charge in [0.2, 0.25) is 0 Å². The van der Waals surface area contributed by atoms with Crippen LogP contribution in [-0.4, -0.2) is 11.5 Å². The van der Waals surface area contributed by atoms with Crippen molar-refractivity contribution in [2.75, 3.05) is 0 Å². The van der Waals surface area contributed by atoms with Gasteiger partial charge in [-0.3, -0.25) is 0 Å². The maximum absolute atomic E-state index is 5.72. The highest BCUT2D eigenvalue weighted by molar-refractivity contribution is 5.85. The molecule has 3 heteroatoms. The average molecular weight is 79.5 g/mol. The highest BCUT2D eigenvalue weighted by atomic mass is 35.5. The van der Waals surface area contributed by atoms with Gasteiger partial charge < -0.3 is 0 Å². The molecule has 0 saturated carbocycles. The predicted octanol–water partition coefficient (Wildman–Crippen LogP) is 0.348. The summed E-state index contributed by atoms with van der Waals surface area (Å²) >= 11 is 0. The van der Waals surface area contributed by atoms with Crippen molar-refractivity contribution in [1.82, 2.24) is 0 Å². The summed E-state index contributed by atoms with van der Waals surface area (Å²) in [5.41, 5.74) is 5.72. The lowest BCUT2D eigenvalue weighted by Gasteiger charge is -0.898. The van der Waals surface area contributed by atoms with Crippen LogP contribution in [0.15, 0.2) is 0 Å². The van der Waals surface area contributed by atoms with Gasteiger partial charge in [-0.05, 0) is 0 Å². The summed E-state index contributed by atoms with van der Waals surface area (Å²) in [5.74, 6) is 0. The maximum atomic E-state index is 5.72. The third-order valence-corrected chi connectivity index (χ3v) is 0. The van der Waals surface area contributed by atoms with Crippen molar-refractivity contribution in [3.63, 3.8) is 0 Å². The van der Waals surface area contributed by atoms with Gasteiger partial charge in [-0.15, -0.1) is 12.4 Å². The zero-order valence-corrected chi connectivity index (χ0v) is 2.88. The molecule has 0 amide bonds. The van der Waals surface area contributed by atoms with Crippen molar-refractivity contribution in [2.24, 2.45) is 0 Å². The maximum Gasteiger partial charge on any atom is 0.295 e. The summed E-state index contributed by atoms with van der Waals surface area (Å²) in [4.78, 5) is 2.50. The highest BCUT2D eigenvalue weighted by Crippen LogP contribution is 0.810. The van der Waals surface area contributed by atoms with E-state index in [0.717, 1.165) is 0 Å². The molecule has 0 rings (SSSR count). The summed E-state index contributed by atoms with van der Waals surface area (Å²) in [6.45, 7) is 2.78. The summed E-state index contributed by atoms with van der Waals surface area (Å²) < 4.78 is 0. The van der Waals surface area contributed by atoms with Crippen molar-refractivity contribution in [1.29, 1.82) is 5.53 Å². The Labute approximate surface area is 30.5 Å². The van der Waals surface area contributed by atoms with Crippen LogP contribution in [0.25, 0.3) is 0 Å². The Hall–Kier alpha value is -0.330. The predicted molar refractivity (Wildman–Crippen MR) is 17.3 cm³/mol. The van der Waals surface area contributed by atoms with E-state index >= 15 is 0 Å². The van der Waals surface area contributed by atoms with E-state index in [1.165, 1.54) is 0 Å². The zero-order valence-electron chi connectivity index (χ0n) is 2.06. The van der Waals surface area contributed by atoms with Gasteiger partial charge >= 0.3 is 0 Å². The van der Waals surface area contributed by atoms with E-state index in [1.54, 1.807) is 0 Å². The Morgan fingerprint density at radius 2 is 1.75 bits per heavy atom. The van der Waals surface area contributed by atoms with Crippen LogP contribution >= 0.6 is 12.4 Å². The van der Waals surface area contributed by atoms with Gasteiger partial charge in [-0.2, -0.15) is 0 Å². The SMILES string of the molecule is C=[N+]=N.Cl. The van der Waals surface area contributed by atoms with Crippen LogP contribution in [0.5, 0.6) is 0 Å². The van der Waals surface area contributed by atoms with Gasteiger partial charge in [0.1, 0.15) is 0 Å². The molecule has 0 aromatic heterocycles. The average Bonchev–Trinajstić information content (AvgIpc) is 0.918. The van der Waals surface area contributed by atoms with Crippen molar-refractivity contribution in [3.8, 4) is 0 Å². The molecular weight excluding hydrogens is 75.5 g/mol. The third-order valence-electron chi connectivity index (χ3n) is 0. The number of rotatable bonds is 0. The number of halogens is 1. The number of nitrogens with zero attached hydrogens (tertiary/aromatic N) is 1. The van der Waals surface area contributed by atoms with Crippen LogP contribution < -0.4 is 0 Å². The Bertz CT molecular complexity index is 27.0. The summed E-state index contributed by atoms with van der Waals surface area (Å²) in [6, 6.07) is 0. The van der Waals surface area contributed by atoms with Crippen LogP contribution in [0.2, 0.25) is 0 Å². The quantitative estimate of drug-likeness (QED) is 0.247. The van der Waals surface area contributed by atoms with E-state index in [1.807, 2.05) is 0 Å². The third kappa shape index (κ3) is 6.88. The minimum atomic E-state index is 0. The topological polar surface area (TPSA) is 38.0 Å². The lowest BCUT2D eigenvalue weighted by atomic mass is 11.8. The fraction of sp³-hybridized carbons (Fsp3) is 0. The first kappa shape index (κ1) is 9.38. The molecule has 24 valence electrons. The molecule has 0 aliphatic heterocycles. The van der Waals surface area contributed by atoms with Crippen LogP contribution in [-0.2, 0) is 0 Å². The van der Waals surface area contributed by atoms with E-state index in [-0.39, 0.29) is 12.4 Å². The van der Waals surface area contributed by atoms with Crippen LogP contribution in [0, 0.1) is 5.53 Å². The molecule has 0 bridgehead atoms. The van der Waals surface area contributed by atoms with Crippen LogP contribution in [0.1, 0.15) is 0 Å². The van der Waals surface area contributed by atoms with Crippen molar-refractivity contribution < 1.29 is 4.79 Å². The van der Waals surface area contributed by atoms with Gasteiger partial charge in [-0.1, -0.05) is 0 Å². The largest absolute Gasteiger partial charge is 0.295 e. The molecule has 0 aliphatic rings. The van der Waals surface area contributed by atoms with Crippen LogP contribution in [0.3, 0.4) is 0 Å². The molecule has 0 heterocycles. The van der Waals surface area contributed by atoms with Gasteiger partial charge in [-0.25, -0.2) is 0 Å². The first-order valence-electron chi connectivity index (χ1n) is 0.540. The molecule has 0 aliphatic carbocycles. The summed E-state index contributed by atoms with van der Waals surface area (Å²) in [5, 5.41) is 0. The van der Waals surface area contributed by atoms with E-state index in [0.29, 0.717) is 0 Å². The zero-order chi connectivity index (χ0) is 2.71. The van der Waals surface area contributed by atoms with Gasteiger partial charge in [0.05, 0.1) is 5.53 Å². The molecule has 0 fully saturated rings. The molecule has 0 saturated heterocycles. The number of hydrogen-bond donors (Lipinski definition) is 1. The molecule has 4 heavy (non-hydrogen) atoms. The van der Waals surface area contributed by atoms with Gasteiger partial charge in [0.25, 0.3) is 6.72 Å². The Morgan fingerprint density at radius 3 is 1.75 bits per heavy atom. The minimum absolute atomic E-state index is 0. The molecule has 2 nitrogen and oxygen atoms in total. The van der Waals surface area contributed by atoms with Crippen molar-refractivity contribution in [3.05, 3.63) is 0 Å². The van der Waals surface area contributed by atoms with E-state index in [9.17, 15) is 0 Å². The molecule has 0 atom stereocenters.